The lowest BCUT2D eigenvalue weighted by atomic mass is 10.3. The summed E-state index contributed by atoms with van der Waals surface area (Å²) in [7, 11) is 5.67. The van der Waals surface area contributed by atoms with Crippen molar-refractivity contribution in [2.24, 2.45) is 0 Å². The normalized spacial score (nSPS) is 13.6. The lowest BCUT2D eigenvalue weighted by Crippen LogP contribution is -1.89. The van der Waals surface area contributed by atoms with E-state index in [0.717, 1.165) is 4.78 Å². The van der Waals surface area contributed by atoms with Crippen molar-refractivity contribution in [1.82, 2.24) is 0 Å². The minimum atomic E-state index is -0.200. The molecule has 0 aromatic carbocycles. The minimum absolute atomic E-state index is 0.200. The first-order valence-electron chi connectivity index (χ1n) is 2.87. The third kappa shape index (κ3) is 4.68. The van der Waals surface area contributed by atoms with E-state index >= 15 is 0 Å². The van der Waals surface area contributed by atoms with Crippen LogP contribution >= 0.6 is 10.0 Å². The van der Waals surface area contributed by atoms with Crippen molar-refractivity contribution < 1.29 is 0 Å². The van der Waals surface area contributed by atoms with E-state index in [-0.39, 0.29) is 14.3 Å². The van der Waals surface area contributed by atoms with Crippen LogP contribution in [-0.2, 0) is 0 Å². The van der Waals surface area contributed by atoms with Gasteiger partial charge in [-0.1, -0.05) is 31.5 Å². The summed E-state index contributed by atoms with van der Waals surface area (Å²) >= 11 is -0.200. The van der Waals surface area contributed by atoms with Crippen LogP contribution in [0.4, 0.5) is 0 Å². The Morgan fingerprint density at radius 1 is 1.71 bits per heavy atom. The highest BCUT2D eigenvalue weighted by Crippen LogP contribution is 2.10. The molecule has 0 saturated carbocycles. The smallest absolute Gasteiger partial charge is 0.267 e. The summed E-state index contributed by atoms with van der Waals surface area (Å²) in [6, 6.07) is 0. The molecular formula is C5H12AlCl. The van der Waals surface area contributed by atoms with Crippen LogP contribution in [0.15, 0.2) is 0 Å². The standard InChI is InChI=1S/C5H11.Al.ClH.H/c1-3-5-4-2;;;/h3H,4-5H2,1-2H3;;1H;/q;+1;;/p-1. The molecule has 42 valence electrons. The van der Waals surface area contributed by atoms with Gasteiger partial charge in [-0.15, -0.1) is 0 Å². The molecule has 7 heavy (non-hydrogen) atoms. The minimum Gasteiger partial charge on any atom is -0.267 e. The van der Waals surface area contributed by atoms with Crippen LogP contribution in [0.2, 0.25) is 4.78 Å². The van der Waals surface area contributed by atoms with E-state index < -0.39 is 0 Å². The van der Waals surface area contributed by atoms with E-state index in [1.165, 1.54) is 12.8 Å². The van der Waals surface area contributed by atoms with Crippen LogP contribution in [-0.4, -0.2) is 14.3 Å². The summed E-state index contributed by atoms with van der Waals surface area (Å²) in [5, 5.41) is 0. The van der Waals surface area contributed by atoms with Crippen molar-refractivity contribution >= 4 is 24.3 Å². The van der Waals surface area contributed by atoms with Gasteiger partial charge in [-0.25, -0.2) is 0 Å². The van der Waals surface area contributed by atoms with Crippen molar-refractivity contribution in [3.8, 4) is 0 Å². The Kier molecular flexibility index (Phi) is 5.55. The monoisotopic (exact) mass is 134 g/mol. The average Bonchev–Trinajstić information content (AvgIpc) is 1.68. The molecule has 0 nitrogen and oxygen atoms in total. The van der Waals surface area contributed by atoms with E-state index in [2.05, 4.69) is 13.8 Å². The van der Waals surface area contributed by atoms with E-state index in [1.54, 1.807) is 0 Å². The second-order valence-electron chi connectivity index (χ2n) is 2.05. The maximum absolute atomic E-state index is 5.67. The predicted molar refractivity (Wildman–Crippen MR) is 37.3 cm³/mol. The summed E-state index contributed by atoms with van der Waals surface area (Å²) in [5.74, 6) is 0. The molecule has 0 fully saturated rings. The molecule has 0 saturated heterocycles. The molecule has 0 N–H and O–H groups in total. The molecule has 0 heterocycles. The molecular weight excluding hydrogens is 122 g/mol. The molecule has 0 aliphatic carbocycles. The first kappa shape index (κ1) is 7.82. The van der Waals surface area contributed by atoms with Crippen molar-refractivity contribution in [1.29, 1.82) is 0 Å². The first-order valence-corrected chi connectivity index (χ1v) is 5.82. The molecule has 0 aliphatic rings. The number of hydrogen-bond acceptors (Lipinski definition) is 0. The van der Waals surface area contributed by atoms with Gasteiger partial charge in [-0.2, -0.15) is 0 Å². The molecule has 0 aromatic rings. The third-order valence-electron chi connectivity index (χ3n) is 1.04. The molecule has 2 heteroatoms. The highest BCUT2D eigenvalue weighted by Gasteiger charge is 1.99. The molecule has 0 amide bonds. The Morgan fingerprint density at radius 3 is 2.43 bits per heavy atom. The van der Waals surface area contributed by atoms with E-state index in [0.29, 0.717) is 0 Å². The van der Waals surface area contributed by atoms with E-state index in [1.807, 2.05) is 0 Å². The van der Waals surface area contributed by atoms with Gasteiger partial charge in [0.05, 0.1) is 0 Å². The Labute approximate surface area is 56.2 Å². The van der Waals surface area contributed by atoms with Crippen LogP contribution in [0, 0.1) is 0 Å². The maximum Gasteiger partial charge on any atom is 0.379 e. The van der Waals surface area contributed by atoms with Gasteiger partial charge in [0, 0.05) is 0 Å². The molecule has 0 radical (unpaired) electrons. The summed E-state index contributed by atoms with van der Waals surface area (Å²) in [4.78, 5) is 0. The molecule has 1 atom stereocenters. The van der Waals surface area contributed by atoms with Gasteiger partial charge >= 0.3 is 14.3 Å². The van der Waals surface area contributed by atoms with E-state index in [4.69, 9.17) is 10.0 Å². The zero-order valence-electron chi connectivity index (χ0n) is 5.08. The van der Waals surface area contributed by atoms with Crippen LogP contribution in [0.1, 0.15) is 26.7 Å². The summed E-state index contributed by atoms with van der Waals surface area (Å²) in [6.07, 6.45) is 2.62. The fourth-order valence-electron chi connectivity index (χ4n) is 0.570. The molecule has 0 aliphatic heterocycles. The van der Waals surface area contributed by atoms with Gasteiger partial charge < -0.3 is 0 Å². The highest BCUT2D eigenvalue weighted by molar-refractivity contribution is 6.94. The van der Waals surface area contributed by atoms with Gasteiger partial charge in [-0.05, 0) is 0 Å². The fourth-order valence-corrected chi connectivity index (χ4v) is 1.60. The summed E-state index contributed by atoms with van der Waals surface area (Å²) in [6.45, 7) is 4.44. The second kappa shape index (κ2) is 4.97. The van der Waals surface area contributed by atoms with Crippen LogP contribution < -0.4 is 0 Å². The zero-order chi connectivity index (χ0) is 5.70. The van der Waals surface area contributed by atoms with Crippen LogP contribution in [0.25, 0.3) is 0 Å². The number of halogens is 1. The zero-order valence-corrected chi connectivity index (χ0v) is 7.25. The van der Waals surface area contributed by atoms with Gasteiger partial charge in [0.15, 0.2) is 0 Å². The second-order valence-corrected chi connectivity index (χ2v) is 4.68. The molecule has 0 spiro atoms. The molecule has 0 bridgehead atoms. The maximum atomic E-state index is 5.67. The van der Waals surface area contributed by atoms with E-state index in [9.17, 15) is 0 Å². The Morgan fingerprint density at radius 2 is 2.29 bits per heavy atom. The Hall–Kier alpha value is 0.822. The highest BCUT2D eigenvalue weighted by atomic mass is 35.6. The van der Waals surface area contributed by atoms with Crippen molar-refractivity contribution in [2.45, 2.75) is 31.5 Å². The number of rotatable bonds is 3. The van der Waals surface area contributed by atoms with Crippen LogP contribution in [0.5, 0.6) is 0 Å². The van der Waals surface area contributed by atoms with Crippen molar-refractivity contribution in [3.05, 3.63) is 0 Å². The van der Waals surface area contributed by atoms with Crippen LogP contribution in [0.3, 0.4) is 0 Å². The van der Waals surface area contributed by atoms with Gasteiger partial charge in [0.25, 0.3) is 0 Å². The molecule has 0 aromatic heterocycles. The Bertz CT molecular complexity index is 39.1. The van der Waals surface area contributed by atoms with Crippen molar-refractivity contribution in [2.75, 3.05) is 0 Å². The Balaban J connectivity index is 2.83. The quantitative estimate of drug-likeness (QED) is 0.519. The third-order valence-corrected chi connectivity index (χ3v) is 3.56. The fraction of sp³-hybridized carbons (Fsp3) is 1.00. The van der Waals surface area contributed by atoms with Gasteiger partial charge in [0.2, 0.25) is 0 Å². The lowest BCUT2D eigenvalue weighted by molar-refractivity contribution is 0.767. The molecule has 0 rings (SSSR count). The largest absolute Gasteiger partial charge is 0.379 e. The predicted octanol–water partition coefficient (Wildman–Crippen LogP) is 2.19. The van der Waals surface area contributed by atoms with Gasteiger partial charge in [-0.3, -0.25) is 10.0 Å². The van der Waals surface area contributed by atoms with Crippen molar-refractivity contribution in [3.63, 3.8) is 0 Å². The number of hydrogen-bond donors (Lipinski definition) is 0. The summed E-state index contributed by atoms with van der Waals surface area (Å²) in [5.41, 5.74) is 0. The summed E-state index contributed by atoms with van der Waals surface area (Å²) < 4.78 is 0.853. The average molecular weight is 135 g/mol. The van der Waals surface area contributed by atoms with Gasteiger partial charge in [0.1, 0.15) is 0 Å². The first-order chi connectivity index (χ1) is 3.31. The lowest BCUT2D eigenvalue weighted by Gasteiger charge is -1.98. The SMILES string of the molecule is CCC[CH](C)[AlH][Cl]. The molecule has 1 unspecified atom stereocenters. The topological polar surface area (TPSA) is 0 Å².